The van der Waals surface area contributed by atoms with Gasteiger partial charge in [-0.1, -0.05) is 0 Å². The molecule has 0 spiro atoms. The minimum Gasteiger partial charge on any atom is -0.321 e. The second-order valence-electron chi connectivity index (χ2n) is 6.58. The van der Waals surface area contributed by atoms with Crippen molar-refractivity contribution in [1.82, 2.24) is 19.6 Å². The van der Waals surface area contributed by atoms with Crippen LogP contribution in [0.2, 0.25) is 0 Å². The Hall–Kier alpha value is -4.48. The summed E-state index contributed by atoms with van der Waals surface area (Å²) in [5, 5.41) is 20.9. The average molecular weight is 442 g/mol. The third kappa shape index (κ3) is 4.19. The zero-order valence-electron chi connectivity index (χ0n) is 16.0. The van der Waals surface area contributed by atoms with Crippen LogP contribution in [0.3, 0.4) is 0 Å². The van der Waals surface area contributed by atoms with Crippen LogP contribution in [0.1, 0.15) is 15.9 Å². The molecule has 162 valence electrons. The molecule has 1 amide bonds. The van der Waals surface area contributed by atoms with Gasteiger partial charge in [-0.2, -0.15) is 23.4 Å². The topological polar surface area (TPSA) is 108 Å². The third-order valence-corrected chi connectivity index (χ3v) is 4.50. The minimum absolute atomic E-state index is 0.00706. The number of nitro groups is 1. The molecule has 0 aliphatic carbocycles. The molecule has 2 heterocycles. The molecule has 0 aliphatic heterocycles. The molecule has 4 aromatic rings. The van der Waals surface area contributed by atoms with Crippen LogP contribution in [0, 0.1) is 10.1 Å². The number of rotatable bonds is 5. The monoisotopic (exact) mass is 442 g/mol. The van der Waals surface area contributed by atoms with Gasteiger partial charge < -0.3 is 5.32 Å². The number of hydrogen-bond acceptors (Lipinski definition) is 5. The van der Waals surface area contributed by atoms with Crippen molar-refractivity contribution in [2.24, 2.45) is 0 Å². The number of nitrogens with one attached hydrogen (secondary N) is 1. The maximum atomic E-state index is 13.6. The van der Waals surface area contributed by atoms with Gasteiger partial charge in [0.1, 0.15) is 0 Å². The molecule has 2 aromatic carbocycles. The fourth-order valence-electron chi connectivity index (χ4n) is 2.94. The molecule has 0 radical (unpaired) electrons. The Bertz CT molecular complexity index is 1280. The summed E-state index contributed by atoms with van der Waals surface area (Å²) in [7, 11) is 0. The summed E-state index contributed by atoms with van der Waals surface area (Å²) in [6.45, 7) is 0. The van der Waals surface area contributed by atoms with Crippen molar-refractivity contribution in [2.45, 2.75) is 6.18 Å². The fourth-order valence-corrected chi connectivity index (χ4v) is 2.94. The van der Waals surface area contributed by atoms with Crippen LogP contribution in [-0.4, -0.2) is 30.4 Å². The van der Waals surface area contributed by atoms with Gasteiger partial charge in [0.25, 0.3) is 11.6 Å². The van der Waals surface area contributed by atoms with E-state index >= 15 is 0 Å². The highest BCUT2D eigenvalue weighted by molar-refractivity contribution is 6.04. The van der Waals surface area contributed by atoms with E-state index in [1.807, 2.05) is 0 Å². The van der Waals surface area contributed by atoms with Gasteiger partial charge in [-0.25, -0.2) is 9.36 Å². The minimum atomic E-state index is -4.71. The van der Waals surface area contributed by atoms with Crippen LogP contribution in [0.4, 0.5) is 24.5 Å². The van der Waals surface area contributed by atoms with Crippen molar-refractivity contribution in [1.29, 1.82) is 0 Å². The first-order valence-corrected chi connectivity index (χ1v) is 9.04. The average Bonchev–Trinajstić information content (AvgIpc) is 3.46. The Morgan fingerprint density at radius 3 is 2.38 bits per heavy atom. The molecule has 0 aliphatic rings. The Kier molecular flexibility index (Phi) is 5.18. The third-order valence-electron chi connectivity index (χ3n) is 4.50. The maximum absolute atomic E-state index is 13.6. The van der Waals surface area contributed by atoms with Gasteiger partial charge in [0, 0.05) is 30.7 Å². The summed E-state index contributed by atoms with van der Waals surface area (Å²) in [6.07, 6.45) is 0.713. The number of hydrogen-bond donors (Lipinski definition) is 1. The van der Waals surface area contributed by atoms with Crippen LogP contribution in [0.15, 0.2) is 73.3 Å². The van der Waals surface area contributed by atoms with E-state index in [0.29, 0.717) is 5.69 Å². The first-order chi connectivity index (χ1) is 15.2. The molecule has 32 heavy (non-hydrogen) atoms. The van der Waals surface area contributed by atoms with E-state index in [0.717, 1.165) is 12.1 Å². The number of aromatic nitrogens is 4. The van der Waals surface area contributed by atoms with E-state index < -0.39 is 28.3 Å². The number of anilines is 1. The van der Waals surface area contributed by atoms with Crippen molar-refractivity contribution < 1.29 is 22.9 Å². The molecular formula is C20H13F3N6O3. The number of non-ortho nitro benzene ring substituents is 1. The van der Waals surface area contributed by atoms with Gasteiger partial charge in [0.2, 0.25) is 0 Å². The van der Waals surface area contributed by atoms with Gasteiger partial charge in [0.15, 0.2) is 0 Å². The van der Waals surface area contributed by atoms with Gasteiger partial charge in [-0.05, 0) is 36.4 Å². The number of benzene rings is 2. The van der Waals surface area contributed by atoms with E-state index in [4.69, 9.17) is 0 Å². The molecule has 4 rings (SSSR count). The number of halogens is 3. The van der Waals surface area contributed by atoms with E-state index in [2.05, 4.69) is 15.5 Å². The first kappa shape index (κ1) is 20.8. The molecule has 0 atom stereocenters. The Balaban J connectivity index is 1.58. The Morgan fingerprint density at radius 1 is 1.03 bits per heavy atom. The molecule has 12 heteroatoms. The molecule has 1 N–H and O–H groups in total. The number of alkyl halides is 3. The maximum Gasteiger partial charge on any atom is 0.418 e. The standard InChI is InChI=1S/C20H13F3N6O3/c21-20(22,23)17-10-16(27-9-1-8-24-27)6-7-18(17)26-19(30)13-11-25-28(12-13)14-2-4-15(5-3-14)29(31)32/h1-12H,(H,26,30). The second kappa shape index (κ2) is 7.98. The largest absolute Gasteiger partial charge is 0.418 e. The summed E-state index contributed by atoms with van der Waals surface area (Å²) in [4.78, 5) is 22.7. The number of carbonyl (C=O) groups excluding carboxylic acids is 1. The molecule has 9 nitrogen and oxygen atoms in total. The summed E-state index contributed by atoms with van der Waals surface area (Å²) >= 11 is 0. The van der Waals surface area contributed by atoms with Crippen LogP contribution >= 0.6 is 0 Å². The fraction of sp³-hybridized carbons (Fsp3) is 0.0500. The van der Waals surface area contributed by atoms with Crippen molar-refractivity contribution in [3.8, 4) is 11.4 Å². The van der Waals surface area contributed by atoms with Crippen LogP contribution in [-0.2, 0) is 6.18 Å². The Morgan fingerprint density at radius 2 is 1.75 bits per heavy atom. The number of carbonyl (C=O) groups is 1. The summed E-state index contributed by atoms with van der Waals surface area (Å²) in [5.74, 6) is -0.796. The predicted octanol–water partition coefficient (Wildman–Crippen LogP) is 4.24. The molecule has 0 fully saturated rings. The molecule has 0 bridgehead atoms. The highest BCUT2D eigenvalue weighted by Crippen LogP contribution is 2.36. The lowest BCUT2D eigenvalue weighted by molar-refractivity contribution is -0.384. The normalized spacial score (nSPS) is 11.3. The van der Waals surface area contributed by atoms with E-state index in [-0.39, 0.29) is 16.9 Å². The van der Waals surface area contributed by atoms with Crippen molar-refractivity contribution >= 4 is 17.3 Å². The molecule has 0 unspecified atom stereocenters. The lowest BCUT2D eigenvalue weighted by Crippen LogP contribution is -2.17. The summed E-state index contributed by atoms with van der Waals surface area (Å²) in [5.41, 5.74) is -0.923. The number of nitrogens with zero attached hydrogens (tertiary/aromatic N) is 5. The highest BCUT2D eigenvalue weighted by Gasteiger charge is 2.34. The lowest BCUT2D eigenvalue weighted by Gasteiger charge is -2.15. The first-order valence-electron chi connectivity index (χ1n) is 9.04. The summed E-state index contributed by atoms with van der Waals surface area (Å²) < 4.78 is 43.3. The lowest BCUT2D eigenvalue weighted by atomic mass is 10.1. The van der Waals surface area contributed by atoms with Gasteiger partial charge in [-0.15, -0.1) is 0 Å². The van der Waals surface area contributed by atoms with Crippen molar-refractivity contribution in [3.05, 3.63) is 94.6 Å². The zero-order valence-corrected chi connectivity index (χ0v) is 16.0. The van der Waals surface area contributed by atoms with Gasteiger partial charge in [-0.3, -0.25) is 14.9 Å². The number of nitro benzene ring substituents is 1. The van der Waals surface area contributed by atoms with E-state index in [1.165, 1.54) is 64.5 Å². The quantitative estimate of drug-likeness (QED) is 0.368. The molecular weight excluding hydrogens is 429 g/mol. The van der Waals surface area contributed by atoms with E-state index in [9.17, 15) is 28.1 Å². The highest BCUT2D eigenvalue weighted by atomic mass is 19.4. The second-order valence-corrected chi connectivity index (χ2v) is 6.58. The predicted molar refractivity (Wildman–Crippen MR) is 107 cm³/mol. The van der Waals surface area contributed by atoms with Crippen molar-refractivity contribution in [2.75, 3.05) is 5.32 Å². The number of amides is 1. The molecule has 0 saturated heterocycles. The van der Waals surface area contributed by atoms with Crippen LogP contribution in [0.5, 0.6) is 0 Å². The SMILES string of the molecule is O=C(Nc1ccc(-n2cccn2)cc1C(F)(F)F)c1cnn(-c2ccc([N+](=O)[O-])cc2)c1. The van der Waals surface area contributed by atoms with Crippen LogP contribution < -0.4 is 5.32 Å². The Labute approximate surface area is 177 Å². The van der Waals surface area contributed by atoms with Gasteiger partial charge in [0.05, 0.1) is 39.3 Å². The van der Waals surface area contributed by atoms with Crippen molar-refractivity contribution in [3.63, 3.8) is 0 Å². The molecule has 0 saturated carbocycles. The zero-order chi connectivity index (χ0) is 22.9. The molecule has 2 aromatic heterocycles. The smallest absolute Gasteiger partial charge is 0.321 e. The van der Waals surface area contributed by atoms with Gasteiger partial charge >= 0.3 is 6.18 Å². The summed E-state index contributed by atoms with van der Waals surface area (Å²) in [6, 6.07) is 10.4. The van der Waals surface area contributed by atoms with Crippen LogP contribution in [0.25, 0.3) is 11.4 Å². The van der Waals surface area contributed by atoms with E-state index in [1.54, 1.807) is 6.07 Å².